The second-order valence-corrected chi connectivity index (χ2v) is 11.3. The zero-order valence-electron chi connectivity index (χ0n) is 24.2. The highest BCUT2D eigenvalue weighted by atomic mass is 35.5. The van der Waals surface area contributed by atoms with Gasteiger partial charge in [0.15, 0.2) is 0 Å². The van der Waals surface area contributed by atoms with Gasteiger partial charge in [0.2, 0.25) is 0 Å². The predicted molar refractivity (Wildman–Crippen MR) is 169 cm³/mol. The lowest BCUT2D eigenvalue weighted by molar-refractivity contribution is 0.0600. The van der Waals surface area contributed by atoms with Crippen molar-refractivity contribution in [1.29, 1.82) is 0 Å². The number of nitrogens with one attached hydrogen (secondary N) is 2. The molecule has 1 saturated carbocycles. The second-order valence-electron chi connectivity index (χ2n) is 10.0. The van der Waals surface area contributed by atoms with Gasteiger partial charge in [-0.3, -0.25) is 0 Å². The van der Waals surface area contributed by atoms with Crippen LogP contribution < -0.4 is 21.1 Å². The Hall–Kier alpha value is -2.43. The van der Waals surface area contributed by atoms with Crippen molar-refractivity contribution >= 4 is 47.5 Å². The third-order valence-corrected chi connectivity index (χ3v) is 7.98. The minimum atomic E-state index is -0.446. The van der Waals surface area contributed by atoms with Gasteiger partial charge in [-0.25, -0.2) is 4.79 Å². The molecule has 0 bridgehead atoms. The number of hydrogen-bond acceptors (Lipinski definition) is 9. The first-order valence-electron chi connectivity index (χ1n) is 13.8. The highest BCUT2D eigenvalue weighted by Crippen LogP contribution is 2.45. The van der Waals surface area contributed by atoms with E-state index in [2.05, 4.69) is 53.9 Å². The first-order valence-corrected chi connectivity index (χ1v) is 15.0. The monoisotopic (exact) mass is 622 g/mol. The average Bonchev–Trinajstić information content (AvgIpc) is 3.72. The third kappa shape index (κ3) is 8.78. The number of nitrogens with zero attached hydrogens (tertiary/aromatic N) is 1. The van der Waals surface area contributed by atoms with Gasteiger partial charge in [-0.2, -0.15) is 0 Å². The molecule has 2 aromatic carbocycles. The number of nitrogen functional groups attached to an aromatic ring is 1. The summed E-state index contributed by atoms with van der Waals surface area (Å²) in [6.07, 6.45) is 4.47. The summed E-state index contributed by atoms with van der Waals surface area (Å²) in [4.78, 5) is 11.7. The molecule has 1 aliphatic rings. The average molecular weight is 624 g/mol. The van der Waals surface area contributed by atoms with Crippen molar-refractivity contribution in [1.82, 2.24) is 15.8 Å². The van der Waals surface area contributed by atoms with Gasteiger partial charge >= 0.3 is 5.97 Å². The van der Waals surface area contributed by atoms with E-state index in [-0.39, 0.29) is 0 Å². The molecule has 3 aromatic rings. The van der Waals surface area contributed by atoms with Crippen LogP contribution in [0.4, 0.5) is 5.69 Å². The minimum Gasteiger partial charge on any atom is -0.495 e. The summed E-state index contributed by atoms with van der Waals surface area (Å²) < 4.78 is 15.3. The smallest absolute Gasteiger partial charge is 0.338 e. The van der Waals surface area contributed by atoms with Crippen LogP contribution in [-0.2, 0) is 11.3 Å². The molecule has 0 spiro atoms. The van der Waals surface area contributed by atoms with E-state index in [0.717, 1.165) is 54.8 Å². The van der Waals surface area contributed by atoms with E-state index in [1.54, 1.807) is 0 Å². The lowest BCUT2D eigenvalue weighted by Gasteiger charge is -2.22. The van der Waals surface area contributed by atoms with Crippen molar-refractivity contribution in [3.63, 3.8) is 0 Å². The van der Waals surface area contributed by atoms with Crippen molar-refractivity contribution in [2.45, 2.75) is 75.9 Å². The van der Waals surface area contributed by atoms with Crippen LogP contribution in [0, 0.1) is 0 Å². The summed E-state index contributed by atoms with van der Waals surface area (Å²) in [5, 5.41) is 12.8. The van der Waals surface area contributed by atoms with Crippen LogP contribution in [0.3, 0.4) is 0 Å². The van der Waals surface area contributed by atoms with E-state index in [4.69, 9.17) is 38.2 Å². The second kappa shape index (κ2) is 15.7. The lowest BCUT2D eigenvalue weighted by Crippen LogP contribution is -2.36. The summed E-state index contributed by atoms with van der Waals surface area (Å²) in [6.45, 7) is 8.30. The number of carbonyl (C=O) groups excluding carboxylic acids is 1. The molecule has 2 unspecified atom stereocenters. The number of ether oxygens (including phenoxy) is 2. The molecule has 224 valence electrons. The van der Waals surface area contributed by atoms with Crippen LogP contribution in [0.15, 0.2) is 39.8 Å². The Morgan fingerprint density at radius 1 is 1.20 bits per heavy atom. The summed E-state index contributed by atoms with van der Waals surface area (Å²) >= 11 is 17.0. The molecule has 0 aliphatic heterocycles. The van der Waals surface area contributed by atoms with Crippen molar-refractivity contribution in [2.75, 3.05) is 26.5 Å². The maximum absolute atomic E-state index is 11.2. The molecular weight excluding hydrogens is 583 g/mol. The molecule has 4 N–H and O–H groups in total. The van der Waals surface area contributed by atoms with Crippen LogP contribution in [0.25, 0.3) is 11.3 Å². The molecule has 1 aliphatic carbocycles. The molecule has 2 atom stereocenters. The van der Waals surface area contributed by atoms with Crippen molar-refractivity contribution in [3.8, 4) is 17.0 Å². The van der Waals surface area contributed by atoms with Gasteiger partial charge in [-0.1, -0.05) is 48.3 Å². The molecule has 11 heteroatoms. The predicted octanol–water partition coefficient (Wildman–Crippen LogP) is 7.13. The molecule has 0 amide bonds. The first kappa shape index (κ1) is 33.1. The van der Waals surface area contributed by atoms with E-state index in [9.17, 15) is 4.79 Å². The lowest BCUT2D eigenvalue weighted by atomic mass is 10.0. The Kier molecular flexibility index (Phi) is 12.7. The number of methoxy groups -OCH3 is 2. The zero-order valence-corrected chi connectivity index (χ0v) is 26.6. The summed E-state index contributed by atoms with van der Waals surface area (Å²) in [6, 6.07) is 9.50. The fourth-order valence-electron chi connectivity index (χ4n) is 4.60. The highest BCUT2D eigenvalue weighted by molar-refractivity contribution is 7.80. The van der Waals surface area contributed by atoms with Gasteiger partial charge in [0.05, 0.1) is 35.5 Å². The quantitative estimate of drug-likeness (QED) is 0.0958. The standard InChI is InChI=1S/C21H29Cl2N3O.C9H11NO3S/c1-4-15(11-13(3)24-5-2)25-12-16-20(26-27-21(16)14-9-10-14)19-17(22)7-6-8-18(19)23;1-12-6-3-5(9(11)13-2)4-7(14)8(6)10/h6-8,13-15,24-25H,4-5,9-12H2,1-3H3;3-4,14H,10H2,1-2H3. The van der Waals surface area contributed by atoms with Gasteiger partial charge in [-0.05, 0) is 63.4 Å². The van der Waals surface area contributed by atoms with Crippen LogP contribution in [0.1, 0.15) is 74.1 Å². The van der Waals surface area contributed by atoms with Gasteiger partial charge in [0.25, 0.3) is 0 Å². The molecule has 1 aromatic heterocycles. The molecule has 0 radical (unpaired) electrons. The molecule has 1 heterocycles. The fraction of sp³-hybridized carbons (Fsp3) is 0.467. The summed E-state index contributed by atoms with van der Waals surface area (Å²) in [5.74, 6) is 1.43. The number of esters is 1. The van der Waals surface area contributed by atoms with E-state index in [0.29, 0.717) is 56.5 Å². The van der Waals surface area contributed by atoms with Crippen LogP contribution in [-0.4, -0.2) is 44.0 Å². The van der Waals surface area contributed by atoms with Crippen LogP contribution >= 0.6 is 35.8 Å². The van der Waals surface area contributed by atoms with E-state index in [1.165, 1.54) is 26.4 Å². The number of rotatable bonds is 12. The number of nitrogens with two attached hydrogens (primary N) is 1. The molecule has 41 heavy (non-hydrogen) atoms. The third-order valence-electron chi connectivity index (χ3n) is 6.98. The Morgan fingerprint density at radius 2 is 1.88 bits per heavy atom. The number of thiol groups is 1. The van der Waals surface area contributed by atoms with E-state index >= 15 is 0 Å². The molecule has 0 saturated heterocycles. The summed E-state index contributed by atoms with van der Waals surface area (Å²) in [5.41, 5.74) is 9.06. The van der Waals surface area contributed by atoms with E-state index in [1.807, 2.05) is 18.2 Å². The first-order chi connectivity index (χ1) is 19.6. The summed E-state index contributed by atoms with van der Waals surface area (Å²) in [7, 11) is 2.78. The number of hydrogen-bond donors (Lipinski definition) is 4. The number of aromatic nitrogens is 1. The Labute approximate surface area is 258 Å². The Balaban J connectivity index is 0.000000278. The highest BCUT2D eigenvalue weighted by Gasteiger charge is 2.33. The number of halogens is 2. The fourth-order valence-corrected chi connectivity index (χ4v) is 5.42. The Morgan fingerprint density at radius 3 is 2.44 bits per heavy atom. The number of benzene rings is 2. The maximum Gasteiger partial charge on any atom is 0.338 e. The van der Waals surface area contributed by atoms with Gasteiger partial charge < -0.3 is 30.4 Å². The molecular formula is C30H40Cl2N4O4S. The minimum absolute atomic E-state index is 0.364. The number of carbonyl (C=O) groups is 1. The zero-order chi connectivity index (χ0) is 30.1. The normalized spacial score (nSPS) is 14.1. The topological polar surface area (TPSA) is 112 Å². The number of anilines is 1. The Bertz CT molecular complexity index is 1300. The van der Waals surface area contributed by atoms with Crippen molar-refractivity contribution < 1.29 is 18.8 Å². The molecule has 1 fully saturated rings. The van der Waals surface area contributed by atoms with Crippen molar-refractivity contribution in [3.05, 3.63) is 57.3 Å². The van der Waals surface area contributed by atoms with Gasteiger partial charge in [-0.15, -0.1) is 12.6 Å². The molecule has 4 rings (SSSR count). The van der Waals surface area contributed by atoms with Gasteiger partial charge in [0, 0.05) is 40.6 Å². The largest absolute Gasteiger partial charge is 0.495 e. The maximum atomic E-state index is 11.2. The van der Waals surface area contributed by atoms with Crippen LogP contribution in [0.5, 0.6) is 5.75 Å². The SMILES string of the molecule is CCNC(C)CC(CC)NCc1c(-c2c(Cl)cccc2Cl)noc1C1CC1.COC(=O)c1cc(S)c(N)c(OC)c1. The van der Waals surface area contributed by atoms with E-state index < -0.39 is 5.97 Å². The van der Waals surface area contributed by atoms with Crippen molar-refractivity contribution in [2.24, 2.45) is 0 Å². The van der Waals surface area contributed by atoms with Gasteiger partial charge in [0.1, 0.15) is 17.2 Å². The van der Waals surface area contributed by atoms with Crippen LogP contribution in [0.2, 0.25) is 10.0 Å². The molecule has 8 nitrogen and oxygen atoms in total.